The van der Waals surface area contributed by atoms with Crippen LogP contribution in [-0.2, 0) is 9.53 Å². The summed E-state index contributed by atoms with van der Waals surface area (Å²) in [5.74, 6) is -1.16. The molecule has 0 saturated heterocycles. The van der Waals surface area contributed by atoms with Crippen LogP contribution in [0.5, 0.6) is 5.75 Å². The molecule has 2 aromatic rings. The molecule has 5 nitrogen and oxygen atoms in total. The number of furan rings is 1. The first-order valence-electron chi connectivity index (χ1n) is 5.44. The molecule has 0 radical (unpaired) electrons. The lowest BCUT2D eigenvalue weighted by Crippen LogP contribution is -2.17. The predicted octanol–water partition coefficient (Wildman–Crippen LogP) is 2.19. The lowest BCUT2D eigenvalue weighted by atomic mass is 10.1. The summed E-state index contributed by atoms with van der Waals surface area (Å²) in [5.41, 5.74) is 0.502. The molecule has 2 rings (SSSR count). The Balaban J connectivity index is 2.51. The molecule has 1 aromatic heterocycles. The third-order valence-electron chi connectivity index (χ3n) is 2.47. The van der Waals surface area contributed by atoms with E-state index >= 15 is 0 Å². The van der Waals surface area contributed by atoms with Gasteiger partial charge < -0.3 is 13.9 Å². The molecule has 18 heavy (non-hydrogen) atoms. The zero-order valence-electron chi connectivity index (χ0n) is 10.1. The van der Waals surface area contributed by atoms with E-state index in [2.05, 4.69) is 4.74 Å². The molecule has 5 heteroatoms. The van der Waals surface area contributed by atoms with E-state index in [0.717, 1.165) is 0 Å². The van der Waals surface area contributed by atoms with Gasteiger partial charge in [-0.1, -0.05) is 0 Å². The summed E-state index contributed by atoms with van der Waals surface area (Å²) in [6.45, 7) is 1.79. The van der Waals surface area contributed by atoms with Crippen molar-refractivity contribution in [3.63, 3.8) is 0 Å². The quantitative estimate of drug-likeness (QED) is 0.471. The fraction of sp³-hybridized carbons (Fsp3) is 0.231. The second-order valence-corrected chi connectivity index (χ2v) is 3.56. The van der Waals surface area contributed by atoms with E-state index in [9.17, 15) is 9.59 Å². The molecule has 0 amide bonds. The topological polar surface area (TPSA) is 65.7 Å². The molecule has 0 aliphatic heterocycles. The zero-order chi connectivity index (χ0) is 13.1. The summed E-state index contributed by atoms with van der Waals surface area (Å²) in [4.78, 5) is 23.4. The Morgan fingerprint density at radius 1 is 1.33 bits per heavy atom. The van der Waals surface area contributed by atoms with Crippen molar-refractivity contribution in [2.45, 2.75) is 6.92 Å². The Kier molecular flexibility index (Phi) is 3.32. The number of Topliss-reactive ketones (excluding diaryl/α,β-unsaturated/α-hetero) is 1. The summed E-state index contributed by atoms with van der Waals surface area (Å²) >= 11 is 0. The van der Waals surface area contributed by atoms with E-state index in [-0.39, 0.29) is 12.2 Å². The van der Waals surface area contributed by atoms with Gasteiger partial charge in [0.05, 0.1) is 25.5 Å². The number of benzene rings is 1. The van der Waals surface area contributed by atoms with Crippen molar-refractivity contribution < 1.29 is 23.5 Å². The van der Waals surface area contributed by atoms with Crippen molar-refractivity contribution >= 4 is 22.7 Å². The smallest absolute Gasteiger partial charge is 0.379 e. The van der Waals surface area contributed by atoms with Crippen molar-refractivity contribution in [3.05, 3.63) is 30.0 Å². The SMILES string of the molecule is CCOC(=O)C(=O)c1cc(OC)cc2ccoc12. The highest BCUT2D eigenvalue weighted by molar-refractivity contribution is 6.42. The Morgan fingerprint density at radius 2 is 2.11 bits per heavy atom. The molecular formula is C13H12O5. The highest BCUT2D eigenvalue weighted by Gasteiger charge is 2.22. The number of fused-ring (bicyclic) bond motifs is 1. The molecule has 0 fully saturated rings. The fourth-order valence-corrected chi connectivity index (χ4v) is 1.65. The van der Waals surface area contributed by atoms with Gasteiger partial charge in [0.15, 0.2) is 0 Å². The van der Waals surface area contributed by atoms with E-state index in [4.69, 9.17) is 9.15 Å². The predicted molar refractivity (Wildman–Crippen MR) is 63.7 cm³/mol. The van der Waals surface area contributed by atoms with Crippen LogP contribution in [0, 0.1) is 0 Å². The Bertz CT molecular complexity index is 596. The maximum atomic E-state index is 11.9. The van der Waals surface area contributed by atoms with Gasteiger partial charge in [-0.3, -0.25) is 4.79 Å². The lowest BCUT2D eigenvalue weighted by Gasteiger charge is -2.05. The molecule has 0 N–H and O–H groups in total. The van der Waals surface area contributed by atoms with Crippen molar-refractivity contribution in [1.29, 1.82) is 0 Å². The second-order valence-electron chi connectivity index (χ2n) is 3.56. The molecule has 0 aliphatic rings. The summed E-state index contributed by atoms with van der Waals surface area (Å²) in [6, 6.07) is 4.88. The van der Waals surface area contributed by atoms with E-state index < -0.39 is 11.8 Å². The summed E-state index contributed by atoms with van der Waals surface area (Å²) in [5, 5.41) is 0.696. The largest absolute Gasteiger partial charge is 0.497 e. The van der Waals surface area contributed by atoms with Crippen molar-refractivity contribution in [2.75, 3.05) is 13.7 Å². The third kappa shape index (κ3) is 2.07. The van der Waals surface area contributed by atoms with Crippen LogP contribution in [0.25, 0.3) is 11.0 Å². The minimum Gasteiger partial charge on any atom is -0.497 e. The minimum absolute atomic E-state index is 0.146. The molecular weight excluding hydrogens is 236 g/mol. The van der Waals surface area contributed by atoms with E-state index in [1.807, 2.05) is 0 Å². The summed E-state index contributed by atoms with van der Waals surface area (Å²) in [7, 11) is 1.49. The first-order chi connectivity index (χ1) is 8.67. The van der Waals surface area contributed by atoms with Crippen molar-refractivity contribution in [3.8, 4) is 5.75 Å². The van der Waals surface area contributed by atoms with Crippen molar-refractivity contribution in [2.24, 2.45) is 0 Å². The van der Waals surface area contributed by atoms with Gasteiger partial charge >= 0.3 is 5.97 Å². The van der Waals surface area contributed by atoms with Crippen LogP contribution in [0.15, 0.2) is 28.9 Å². The fourth-order valence-electron chi connectivity index (χ4n) is 1.65. The van der Waals surface area contributed by atoms with Gasteiger partial charge in [0.1, 0.15) is 11.3 Å². The van der Waals surface area contributed by atoms with Crippen LogP contribution >= 0.6 is 0 Å². The molecule has 0 bridgehead atoms. The van der Waals surface area contributed by atoms with Crippen LogP contribution in [0.3, 0.4) is 0 Å². The highest BCUT2D eigenvalue weighted by Crippen LogP contribution is 2.26. The van der Waals surface area contributed by atoms with Crippen LogP contribution in [0.4, 0.5) is 0 Å². The molecule has 0 aliphatic carbocycles. The Hall–Kier alpha value is -2.30. The van der Waals surface area contributed by atoms with E-state index in [1.54, 1.807) is 19.1 Å². The van der Waals surface area contributed by atoms with E-state index in [0.29, 0.717) is 16.7 Å². The number of hydrogen-bond acceptors (Lipinski definition) is 5. The van der Waals surface area contributed by atoms with Crippen LogP contribution in [0.1, 0.15) is 17.3 Å². The number of ether oxygens (including phenoxy) is 2. The summed E-state index contributed by atoms with van der Waals surface area (Å²) < 4.78 is 15.0. The molecule has 0 atom stereocenters. The minimum atomic E-state index is -0.900. The van der Waals surface area contributed by atoms with Gasteiger partial charge in [-0.15, -0.1) is 0 Å². The standard InChI is InChI=1S/C13H12O5/c1-3-17-13(15)11(14)10-7-9(16-2)6-8-4-5-18-12(8)10/h4-7H,3H2,1-2H3. The Morgan fingerprint density at radius 3 is 2.78 bits per heavy atom. The van der Waals surface area contributed by atoms with Crippen LogP contribution in [-0.4, -0.2) is 25.5 Å². The van der Waals surface area contributed by atoms with Gasteiger partial charge in [-0.25, -0.2) is 4.79 Å². The van der Waals surface area contributed by atoms with Gasteiger partial charge in [0.2, 0.25) is 0 Å². The van der Waals surface area contributed by atoms with Crippen LogP contribution in [0.2, 0.25) is 0 Å². The molecule has 1 aromatic carbocycles. The average molecular weight is 248 g/mol. The second kappa shape index (κ2) is 4.91. The first-order valence-corrected chi connectivity index (χ1v) is 5.44. The normalized spacial score (nSPS) is 10.3. The number of methoxy groups -OCH3 is 1. The monoisotopic (exact) mass is 248 g/mol. The molecule has 0 unspecified atom stereocenters. The lowest BCUT2D eigenvalue weighted by molar-refractivity contribution is -0.137. The molecule has 94 valence electrons. The van der Waals surface area contributed by atoms with Crippen LogP contribution < -0.4 is 4.74 Å². The average Bonchev–Trinajstić information content (AvgIpc) is 2.84. The van der Waals surface area contributed by atoms with Crippen molar-refractivity contribution in [1.82, 2.24) is 0 Å². The summed E-state index contributed by atoms with van der Waals surface area (Å²) in [6.07, 6.45) is 1.45. The molecule has 0 saturated carbocycles. The van der Waals surface area contributed by atoms with Gasteiger partial charge in [-0.2, -0.15) is 0 Å². The number of esters is 1. The highest BCUT2D eigenvalue weighted by atomic mass is 16.5. The van der Waals surface area contributed by atoms with Gasteiger partial charge in [-0.05, 0) is 25.1 Å². The van der Waals surface area contributed by atoms with Gasteiger partial charge in [0, 0.05) is 5.39 Å². The number of hydrogen-bond donors (Lipinski definition) is 0. The molecule has 1 heterocycles. The maximum Gasteiger partial charge on any atom is 0.379 e. The third-order valence-corrected chi connectivity index (χ3v) is 2.47. The number of ketones is 1. The number of carbonyl (C=O) groups is 2. The zero-order valence-corrected chi connectivity index (χ0v) is 10.1. The number of carbonyl (C=O) groups excluding carboxylic acids is 2. The molecule has 0 spiro atoms. The van der Waals surface area contributed by atoms with Gasteiger partial charge in [0.25, 0.3) is 5.78 Å². The van der Waals surface area contributed by atoms with E-state index in [1.165, 1.54) is 19.4 Å². The number of rotatable bonds is 4. The first kappa shape index (κ1) is 12.2. The maximum absolute atomic E-state index is 11.9. The Labute approximate surface area is 103 Å².